The predicted octanol–water partition coefficient (Wildman–Crippen LogP) is 3.62. The fourth-order valence-electron chi connectivity index (χ4n) is 2.94. The monoisotopic (exact) mass is 256 g/mol. The summed E-state index contributed by atoms with van der Waals surface area (Å²) in [5, 5.41) is 0. The van der Waals surface area contributed by atoms with E-state index in [2.05, 4.69) is 30.8 Å². The van der Waals surface area contributed by atoms with Crippen molar-refractivity contribution in [3.63, 3.8) is 0 Å². The average Bonchev–Trinajstić information content (AvgIpc) is 2.60. The molecule has 0 radical (unpaired) electrons. The van der Waals surface area contributed by atoms with Crippen LogP contribution >= 0.6 is 0 Å². The Hall–Kier alpha value is -1.90. The number of likely N-dealkylation sites (N-methyl/N-ethyl adjacent to an activating group) is 1. The van der Waals surface area contributed by atoms with Crippen LogP contribution in [0.25, 0.3) is 11.1 Å². The quantitative estimate of drug-likeness (QED) is 0.774. The van der Waals surface area contributed by atoms with Gasteiger partial charge in [0.2, 0.25) is 0 Å². The molecule has 3 rings (SSSR count). The lowest BCUT2D eigenvalue weighted by molar-refractivity contribution is 0.556. The number of aromatic nitrogens is 1. The van der Waals surface area contributed by atoms with Crippen LogP contribution in [-0.2, 0) is 5.41 Å². The third kappa shape index (κ3) is 1.89. The molecule has 2 heterocycles. The molecule has 0 N–H and O–H groups in total. The Morgan fingerprint density at radius 3 is 2.58 bits per heavy atom. The first-order valence-electron chi connectivity index (χ1n) is 6.44. The highest BCUT2D eigenvalue weighted by molar-refractivity contribution is 5.73. The van der Waals surface area contributed by atoms with Gasteiger partial charge in [0.1, 0.15) is 5.82 Å². The lowest BCUT2D eigenvalue weighted by Gasteiger charge is -2.18. The first-order chi connectivity index (χ1) is 8.99. The van der Waals surface area contributed by atoms with E-state index >= 15 is 0 Å². The van der Waals surface area contributed by atoms with Crippen LogP contribution in [0.2, 0.25) is 0 Å². The molecule has 2 aromatic rings. The fourth-order valence-corrected chi connectivity index (χ4v) is 2.94. The van der Waals surface area contributed by atoms with Crippen LogP contribution in [0.15, 0.2) is 36.7 Å². The van der Waals surface area contributed by atoms with Crippen molar-refractivity contribution in [2.75, 3.05) is 18.5 Å². The van der Waals surface area contributed by atoms with Gasteiger partial charge in [-0.25, -0.2) is 4.39 Å². The average molecular weight is 256 g/mol. The van der Waals surface area contributed by atoms with E-state index in [0.717, 1.165) is 23.4 Å². The minimum atomic E-state index is -0.159. The van der Waals surface area contributed by atoms with Crippen molar-refractivity contribution in [3.05, 3.63) is 48.0 Å². The molecule has 0 aliphatic carbocycles. The molecule has 1 aliphatic heterocycles. The molecule has 0 atom stereocenters. The Morgan fingerprint density at radius 2 is 1.89 bits per heavy atom. The Balaban J connectivity index is 2.19. The molecule has 0 amide bonds. The first-order valence-corrected chi connectivity index (χ1v) is 6.44. The summed E-state index contributed by atoms with van der Waals surface area (Å²) in [4.78, 5) is 6.17. The van der Waals surface area contributed by atoms with Gasteiger partial charge in [-0.05, 0) is 35.4 Å². The summed E-state index contributed by atoms with van der Waals surface area (Å²) in [5.74, 6) is -0.159. The van der Waals surface area contributed by atoms with Gasteiger partial charge in [0, 0.05) is 42.7 Å². The summed E-state index contributed by atoms with van der Waals surface area (Å²) >= 11 is 0. The van der Waals surface area contributed by atoms with E-state index < -0.39 is 0 Å². The van der Waals surface area contributed by atoms with Crippen LogP contribution in [0.3, 0.4) is 0 Å². The minimum Gasteiger partial charge on any atom is -0.373 e. The van der Waals surface area contributed by atoms with E-state index in [1.54, 1.807) is 18.5 Å². The van der Waals surface area contributed by atoms with Crippen molar-refractivity contribution in [3.8, 4) is 11.1 Å². The molecule has 1 aromatic carbocycles. The van der Waals surface area contributed by atoms with Crippen LogP contribution < -0.4 is 4.90 Å². The second kappa shape index (κ2) is 4.05. The molecule has 0 saturated heterocycles. The molecule has 0 fully saturated rings. The number of pyridine rings is 1. The number of nitrogens with zero attached hydrogens (tertiary/aromatic N) is 2. The Kier molecular flexibility index (Phi) is 2.59. The van der Waals surface area contributed by atoms with Gasteiger partial charge in [-0.3, -0.25) is 4.98 Å². The van der Waals surface area contributed by atoms with Gasteiger partial charge < -0.3 is 4.90 Å². The van der Waals surface area contributed by atoms with Crippen LogP contribution in [0, 0.1) is 5.82 Å². The summed E-state index contributed by atoms with van der Waals surface area (Å²) in [6, 6.07) is 7.32. The lowest BCUT2D eigenvalue weighted by atomic mass is 9.86. The van der Waals surface area contributed by atoms with Crippen molar-refractivity contribution in [2.24, 2.45) is 0 Å². The van der Waals surface area contributed by atoms with Gasteiger partial charge in [0.25, 0.3) is 0 Å². The Bertz CT molecular complexity index is 620. The van der Waals surface area contributed by atoms with E-state index in [0.29, 0.717) is 5.56 Å². The molecular formula is C16H17FN2. The van der Waals surface area contributed by atoms with Gasteiger partial charge in [0.05, 0.1) is 0 Å². The van der Waals surface area contributed by atoms with Gasteiger partial charge in [0.15, 0.2) is 0 Å². The zero-order chi connectivity index (χ0) is 13.6. The van der Waals surface area contributed by atoms with Gasteiger partial charge in [-0.15, -0.1) is 0 Å². The Labute approximate surface area is 112 Å². The second-order valence-corrected chi connectivity index (χ2v) is 5.83. The SMILES string of the molecule is CN1CC(C)(C)c2cc(F)c(-c3ccncc3)cc21. The second-order valence-electron chi connectivity index (χ2n) is 5.83. The normalized spacial score (nSPS) is 16.5. The molecule has 0 bridgehead atoms. The number of benzene rings is 1. The van der Waals surface area contributed by atoms with Crippen molar-refractivity contribution >= 4 is 5.69 Å². The van der Waals surface area contributed by atoms with E-state index in [1.165, 1.54) is 0 Å². The largest absolute Gasteiger partial charge is 0.373 e. The highest BCUT2D eigenvalue weighted by Gasteiger charge is 2.34. The number of anilines is 1. The van der Waals surface area contributed by atoms with Crippen molar-refractivity contribution < 1.29 is 4.39 Å². The van der Waals surface area contributed by atoms with Crippen LogP contribution in [0.4, 0.5) is 10.1 Å². The number of halogens is 1. The zero-order valence-corrected chi connectivity index (χ0v) is 11.4. The summed E-state index contributed by atoms with van der Waals surface area (Å²) in [6.07, 6.45) is 3.38. The molecule has 2 nitrogen and oxygen atoms in total. The molecule has 0 spiro atoms. The molecule has 98 valence electrons. The highest BCUT2D eigenvalue weighted by Crippen LogP contribution is 2.42. The molecule has 1 aliphatic rings. The maximum atomic E-state index is 14.4. The highest BCUT2D eigenvalue weighted by atomic mass is 19.1. The third-order valence-electron chi connectivity index (χ3n) is 3.85. The third-order valence-corrected chi connectivity index (χ3v) is 3.85. The van der Waals surface area contributed by atoms with Crippen molar-refractivity contribution in [2.45, 2.75) is 19.3 Å². The molecule has 3 heteroatoms. The van der Waals surface area contributed by atoms with E-state index in [4.69, 9.17) is 0 Å². The minimum absolute atomic E-state index is 0.00168. The molecule has 1 aromatic heterocycles. The summed E-state index contributed by atoms with van der Waals surface area (Å²) in [5.41, 5.74) is 3.73. The molecule has 0 saturated carbocycles. The number of fused-ring (bicyclic) bond motifs is 1. The maximum Gasteiger partial charge on any atom is 0.131 e. The fraction of sp³-hybridized carbons (Fsp3) is 0.312. The first kappa shape index (κ1) is 12.2. The Morgan fingerprint density at radius 1 is 1.21 bits per heavy atom. The topological polar surface area (TPSA) is 16.1 Å². The van der Waals surface area contributed by atoms with Crippen molar-refractivity contribution in [1.29, 1.82) is 0 Å². The summed E-state index contributed by atoms with van der Waals surface area (Å²) < 4.78 is 14.4. The van der Waals surface area contributed by atoms with Crippen LogP contribution in [-0.4, -0.2) is 18.6 Å². The molecular weight excluding hydrogens is 239 g/mol. The van der Waals surface area contributed by atoms with Gasteiger partial charge in [-0.2, -0.15) is 0 Å². The smallest absolute Gasteiger partial charge is 0.131 e. The molecule has 19 heavy (non-hydrogen) atoms. The van der Waals surface area contributed by atoms with Crippen LogP contribution in [0.1, 0.15) is 19.4 Å². The number of hydrogen-bond acceptors (Lipinski definition) is 2. The van der Waals surface area contributed by atoms with Gasteiger partial charge in [-0.1, -0.05) is 13.8 Å². The standard InChI is InChI=1S/C16H17FN2/c1-16(2)10-19(3)15-8-12(14(17)9-13(15)16)11-4-6-18-7-5-11/h4-9H,10H2,1-3H3. The number of hydrogen-bond donors (Lipinski definition) is 0. The van der Waals surface area contributed by atoms with E-state index in [-0.39, 0.29) is 11.2 Å². The van der Waals surface area contributed by atoms with Gasteiger partial charge >= 0.3 is 0 Å². The predicted molar refractivity (Wildman–Crippen MR) is 75.9 cm³/mol. The van der Waals surface area contributed by atoms with E-state index in [1.807, 2.05) is 18.2 Å². The zero-order valence-electron chi connectivity index (χ0n) is 11.4. The van der Waals surface area contributed by atoms with Crippen molar-refractivity contribution in [1.82, 2.24) is 4.98 Å². The lowest BCUT2D eigenvalue weighted by Crippen LogP contribution is -2.24. The van der Waals surface area contributed by atoms with E-state index in [9.17, 15) is 4.39 Å². The summed E-state index contributed by atoms with van der Waals surface area (Å²) in [7, 11) is 2.06. The van der Waals surface area contributed by atoms with Crippen LogP contribution in [0.5, 0.6) is 0 Å². The molecule has 0 unspecified atom stereocenters. The maximum absolute atomic E-state index is 14.4. The number of rotatable bonds is 1. The summed E-state index contributed by atoms with van der Waals surface area (Å²) in [6.45, 7) is 5.23.